The standard InChI is InChI=1S/C20H17ClN2O3S2/c21-15-5-1-14(2-6-15)11-17-19(26)23(20(27)28-17)12-18(25)22-10-9-13-3-7-16(24)8-4-13/h1-8,11,24H,9-10,12H2,(H,22,25)/b17-11-. The van der Waals surface area contributed by atoms with Crippen LogP contribution in [0.3, 0.4) is 0 Å². The third-order valence-electron chi connectivity index (χ3n) is 4.02. The van der Waals surface area contributed by atoms with E-state index in [1.807, 2.05) is 12.1 Å². The predicted octanol–water partition coefficient (Wildman–Crippen LogP) is 3.61. The number of hydrogen-bond acceptors (Lipinski definition) is 5. The fourth-order valence-electron chi connectivity index (χ4n) is 2.56. The minimum Gasteiger partial charge on any atom is -0.508 e. The van der Waals surface area contributed by atoms with Crippen LogP contribution in [0.4, 0.5) is 0 Å². The van der Waals surface area contributed by atoms with E-state index in [0.29, 0.717) is 27.2 Å². The zero-order chi connectivity index (χ0) is 20.1. The van der Waals surface area contributed by atoms with Gasteiger partial charge in [-0.05, 0) is 47.9 Å². The Bertz CT molecular complexity index is 927. The second-order valence-corrected chi connectivity index (χ2v) is 8.20. The average Bonchev–Trinajstić information content (AvgIpc) is 2.92. The van der Waals surface area contributed by atoms with Crippen LogP contribution < -0.4 is 5.32 Å². The summed E-state index contributed by atoms with van der Waals surface area (Å²) < 4.78 is 0.360. The molecule has 2 aromatic carbocycles. The lowest BCUT2D eigenvalue weighted by Gasteiger charge is -2.14. The van der Waals surface area contributed by atoms with Crippen molar-refractivity contribution in [2.45, 2.75) is 6.42 Å². The van der Waals surface area contributed by atoms with Gasteiger partial charge in [0.05, 0.1) is 4.91 Å². The van der Waals surface area contributed by atoms with E-state index in [4.69, 9.17) is 23.8 Å². The first-order chi connectivity index (χ1) is 13.4. The molecule has 2 aromatic rings. The molecule has 1 aliphatic rings. The van der Waals surface area contributed by atoms with E-state index in [0.717, 1.165) is 11.1 Å². The molecule has 1 saturated heterocycles. The monoisotopic (exact) mass is 432 g/mol. The van der Waals surface area contributed by atoms with Crippen LogP contribution in [-0.4, -0.2) is 39.2 Å². The van der Waals surface area contributed by atoms with E-state index in [-0.39, 0.29) is 24.1 Å². The molecular weight excluding hydrogens is 416 g/mol. The molecule has 0 saturated carbocycles. The van der Waals surface area contributed by atoms with E-state index >= 15 is 0 Å². The second-order valence-electron chi connectivity index (χ2n) is 6.09. The highest BCUT2D eigenvalue weighted by atomic mass is 35.5. The number of rotatable bonds is 6. The number of thiocarbonyl (C=S) groups is 1. The number of aromatic hydroxyl groups is 1. The van der Waals surface area contributed by atoms with Crippen molar-refractivity contribution in [3.05, 3.63) is 69.6 Å². The van der Waals surface area contributed by atoms with Gasteiger partial charge in [0.25, 0.3) is 5.91 Å². The van der Waals surface area contributed by atoms with Crippen LogP contribution in [0.2, 0.25) is 5.02 Å². The number of carbonyl (C=O) groups is 2. The molecule has 0 atom stereocenters. The Labute approximate surface area is 177 Å². The first kappa shape index (κ1) is 20.4. The van der Waals surface area contributed by atoms with Crippen LogP contribution >= 0.6 is 35.6 Å². The summed E-state index contributed by atoms with van der Waals surface area (Å²) in [6, 6.07) is 13.9. The van der Waals surface area contributed by atoms with Crippen LogP contribution in [0.1, 0.15) is 11.1 Å². The van der Waals surface area contributed by atoms with Gasteiger partial charge in [-0.3, -0.25) is 14.5 Å². The molecule has 0 aliphatic carbocycles. The lowest BCUT2D eigenvalue weighted by Crippen LogP contribution is -2.40. The molecule has 2 amide bonds. The maximum atomic E-state index is 12.6. The van der Waals surface area contributed by atoms with E-state index in [2.05, 4.69) is 5.32 Å². The normalized spacial score (nSPS) is 15.3. The SMILES string of the molecule is O=C(CN1C(=O)/C(=C/c2ccc(Cl)cc2)SC1=S)NCCc1ccc(O)cc1. The quantitative estimate of drug-likeness (QED) is 0.539. The number of nitrogens with one attached hydrogen (secondary N) is 1. The number of phenols is 1. The van der Waals surface area contributed by atoms with Gasteiger partial charge in [0.2, 0.25) is 5.91 Å². The van der Waals surface area contributed by atoms with Crippen LogP contribution in [0.25, 0.3) is 6.08 Å². The number of nitrogens with zero attached hydrogens (tertiary/aromatic N) is 1. The smallest absolute Gasteiger partial charge is 0.266 e. The summed E-state index contributed by atoms with van der Waals surface area (Å²) in [6.07, 6.45) is 2.36. The second kappa shape index (κ2) is 9.23. The van der Waals surface area contributed by atoms with Crippen molar-refractivity contribution in [3.63, 3.8) is 0 Å². The molecule has 5 nitrogen and oxygen atoms in total. The van der Waals surface area contributed by atoms with Gasteiger partial charge >= 0.3 is 0 Å². The van der Waals surface area contributed by atoms with E-state index in [9.17, 15) is 14.7 Å². The van der Waals surface area contributed by atoms with Crippen molar-refractivity contribution in [2.24, 2.45) is 0 Å². The van der Waals surface area contributed by atoms with Gasteiger partial charge in [-0.1, -0.05) is 59.8 Å². The number of halogens is 1. The van der Waals surface area contributed by atoms with Crippen molar-refractivity contribution in [1.82, 2.24) is 10.2 Å². The Hall–Kier alpha value is -2.35. The molecule has 1 aliphatic heterocycles. The van der Waals surface area contributed by atoms with Gasteiger partial charge in [-0.15, -0.1) is 0 Å². The summed E-state index contributed by atoms with van der Waals surface area (Å²) in [7, 11) is 0. The lowest BCUT2D eigenvalue weighted by atomic mass is 10.1. The van der Waals surface area contributed by atoms with Gasteiger partial charge in [-0.25, -0.2) is 0 Å². The topological polar surface area (TPSA) is 69.6 Å². The van der Waals surface area contributed by atoms with Crippen LogP contribution in [0.15, 0.2) is 53.4 Å². The minimum atomic E-state index is -0.279. The Morgan fingerprint density at radius 2 is 1.86 bits per heavy atom. The minimum absolute atomic E-state index is 0.113. The van der Waals surface area contributed by atoms with Crippen molar-refractivity contribution in [1.29, 1.82) is 0 Å². The molecule has 0 spiro atoms. The largest absolute Gasteiger partial charge is 0.508 e. The maximum absolute atomic E-state index is 12.6. The molecule has 28 heavy (non-hydrogen) atoms. The fourth-order valence-corrected chi connectivity index (χ4v) is 3.94. The third-order valence-corrected chi connectivity index (χ3v) is 5.65. The van der Waals surface area contributed by atoms with Gasteiger partial charge in [0, 0.05) is 11.6 Å². The van der Waals surface area contributed by atoms with Gasteiger partial charge in [0.15, 0.2) is 0 Å². The summed E-state index contributed by atoms with van der Waals surface area (Å²) in [5, 5.41) is 12.7. The highest BCUT2D eigenvalue weighted by Gasteiger charge is 2.33. The summed E-state index contributed by atoms with van der Waals surface area (Å²) in [5.41, 5.74) is 1.83. The molecule has 0 unspecified atom stereocenters. The third kappa shape index (κ3) is 5.34. The molecule has 0 bridgehead atoms. The molecule has 8 heteroatoms. The Balaban J connectivity index is 1.54. The number of phenolic OH excluding ortho intramolecular Hbond substituents is 1. The summed E-state index contributed by atoms with van der Waals surface area (Å²) >= 11 is 12.3. The molecule has 1 fully saturated rings. The zero-order valence-corrected chi connectivity index (χ0v) is 17.1. The number of benzene rings is 2. The fraction of sp³-hybridized carbons (Fsp3) is 0.150. The molecule has 144 valence electrons. The van der Waals surface area contributed by atoms with Crippen molar-refractivity contribution in [3.8, 4) is 5.75 Å². The molecule has 2 N–H and O–H groups in total. The number of thioether (sulfide) groups is 1. The lowest BCUT2D eigenvalue weighted by molar-refractivity contribution is -0.128. The Kier molecular flexibility index (Phi) is 6.72. The van der Waals surface area contributed by atoms with E-state index in [1.54, 1.807) is 42.5 Å². The highest BCUT2D eigenvalue weighted by molar-refractivity contribution is 8.26. The molecule has 1 heterocycles. The summed E-state index contributed by atoms with van der Waals surface area (Å²) in [6.45, 7) is 0.317. The summed E-state index contributed by atoms with van der Waals surface area (Å²) in [5.74, 6) is -0.352. The van der Waals surface area contributed by atoms with Crippen LogP contribution in [-0.2, 0) is 16.0 Å². The van der Waals surface area contributed by atoms with Gasteiger partial charge < -0.3 is 10.4 Å². The summed E-state index contributed by atoms with van der Waals surface area (Å²) in [4.78, 5) is 26.5. The number of carbonyl (C=O) groups excluding carboxylic acids is 2. The molecule has 3 rings (SSSR count). The molecule has 0 aromatic heterocycles. The van der Waals surface area contributed by atoms with Gasteiger partial charge in [0.1, 0.15) is 16.6 Å². The molecule has 0 radical (unpaired) electrons. The number of hydrogen-bond donors (Lipinski definition) is 2. The average molecular weight is 433 g/mol. The van der Waals surface area contributed by atoms with E-state index in [1.165, 1.54) is 16.7 Å². The van der Waals surface area contributed by atoms with Crippen molar-refractivity contribution in [2.75, 3.05) is 13.1 Å². The van der Waals surface area contributed by atoms with Crippen LogP contribution in [0, 0.1) is 0 Å². The Morgan fingerprint density at radius 3 is 2.54 bits per heavy atom. The first-order valence-corrected chi connectivity index (χ1v) is 10.1. The van der Waals surface area contributed by atoms with Crippen molar-refractivity contribution >= 4 is 57.8 Å². The van der Waals surface area contributed by atoms with E-state index < -0.39 is 0 Å². The van der Waals surface area contributed by atoms with Crippen molar-refractivity contribution < 1.29 is 14.7 Å². The first-order valence-electron chi connectivity index (χ1n) is 8.48. The molecular formula is C20H17ClN2O3S2. The van der Waals surface area contributed by atoms with Gasteiger partial charge in [-0.2, -0.15) is 0 Å². The predicted molar refractivity (Wildman–Crippen MR) is 116 cm³/mol. The van der Waals surface area contributed by atoms with Crippen LogP contribution in [0.5, 0.6) is 5.75 Å². The maximum Gasteiger partial charge on any atom is 0.266 e. The Morgan fingerprint density at radius 1 is 1.18 bits per heavy atom. The highest BCUT2D eigenvalue weighted by Crippen LogP contribution is 2.32. The zero-order valence-electron chi connectivity index (χ0n) is 14.7. The number of amides is 2.